The van der Waals surface area contributed by atoms with E-state index in [1.165, 1.54) is 6.07 Å². The van der Waals surface area contributed by atoms with E-state index < -0.39 is 5.97 Å². The molecule has 0 radical (unpaired) electrons. The molecule has 0 spiro atoms. The van der Waals surface area contributed by atoms with Crippen LogP contribution in [-0.4, -0.2) is 39.3 Å². The summed E-state index contributed by atoms with van der Waals surface area (Å²) in [6.07, 6.45) is 0.885. The number of carboxylic acids is 1. The van der Waals surface area contributed by atoms with Crippen LogP contribution in [0.4, 0.5) is 0 Å². The second-order valence-electron chi connectivity index (χ2n) is 4.06. The Morgan fingerprint density at radius 1 is 1.53 bits per heavy atom. The fourth-order valence-corrected chi connectivity index (χ4v) is 2.05. The molecule has 1 atom stereocenters. The standard InChI is InChI=1S/C11H11N3O3/c15-11(16)7-1-2-9-10(5-7)14(13-12-9)8-3-4-17-6-8/h1-2,5,8H,3-4,6H2,(H,15,16). The third kappa shape index (κ3) is 1.66. The van der Waals surface area contributed by atoms with Crippen LogP contribution in [0.25, 0.3) is 11.0 Å². The molecule has 1 N–H and O–H groups in total. The Hall–Kier alpha value is -1.95. The molecule has 1 aromatic carbocycles. The minimum Gasteiger partial charge on any atom is -0.478 e. The van der Waals surface area contributed by atoms with Gasteiger partial charge >= 0.3 is 5.97 Å². The van der Waals surface area contributed by atoms with Gasteiger partial charge in [0.25, 0.3) is 0 Å². The number of nitrogens with zero attached hydrogens (tertiary/aromatic N) is 3. The van der Waals surface area contributed by atoms with E-state index in [0.29, 0.717) is 18.7 Å². The van der Waals surface area contributed by atoms with Gasteiger partial charge in [0.1, 0.15) is 5.52 Å². The lowest BCUT2D eigenvalue weighted by atomic mass is 10.2. The summed E-state index contributed by atoms with van der Waals surface area (Å²) in [5, 5.41) is 17.1. The molecule has 1 aliphatic rings. The largest absolute Gasteiger partial charge is 0.478 e. The summed E-state index contributed by atoms with van der Waals surface area (Å²) >= 11 is 0. The predicted octanol–water partition coefficient (Wildman–Crippen LogP) is 1.09. The number of ether oxygens (including phenoxy) is 1. The molecule has 0 bridgehead atoms. The van der Waals surface area contributed by atoms with Crippen molar-refractivity contribution in [3.8, 4) is 0 Å². The predicted molar refractivity (Wildman–Crippen MR) is 59.0 cm³/mol. The molecule has 1 unspecified atom stereocenters. The van der Waals surface area contributed by atoms with Crippen molar-refractivity contribution in [3.05, 3.63) is 23.8 Å². The van der Waals surface area contributed by atoms with Gasteiger partial charge in [-0.25, -0.2) is 9.48 Å². The topological polar surface area (TPSA) is 77.2 Å². The van der Waals surface area contributed by atoms with Gasteiger partial charge in [0.05, 0.1) is 23.7 Å². The summed E-state index contributed by atoms with van der Waals surface area (Å²) in [6.45, 7) is 1.32. The quantitative estimate of drug-likeness (QED) is 0.840. The van der Waals surface area contributed by atoms with Gasteiger partial charge in [-0.1, -0.05) is 5.21 Å². The van der Waals surface area contributed by atoms with Gasteiger partial charge < -0.3 is 9.84 Å². The van der Waals surface area contributed by atoms with Crippen LogP contribution < -0.4 is 0 Å². The van der Waals surface area contributed by atoms with Crippen molar-refractivity contribution < 1.29 is 14.6 Å². The molecule has 1 aromatic heterocycles. The molecule has 1 saturated heterocycles. The highest BCUT2D eigenvalue weighted by Crippen LogP contribution is 2.23. The average molecular weight is 233 g/mol. The first-order chi connectivity index (χ1) is 8.25. The summed E-state index contributed by atoms with van der Waals surface area (Å²) in [6, 6.07) is 4.98. The zero-order chi connectivity index (χ0) is 11.8. The first-order valence-corrected chi connectivity index (χ1v) is 5.42. The minimum atomic E-state index is -0.942. The van der Waals surface area contributed by atoms with Gasteiger partial charge in [0.2, 0.25) is 0 Å². The van der Waals surface area contributed by atoms with Crippen LogP contribution in [0, 0.1) is 0 Å². The van der Waals surface area contributed by atoms with E-state index in [1.807, 2.05) is 0 Å². The van der Waals surface area contributed by atoms with Crippen LogP contribution in [0.3, 0.4) is 0 Å². The molecule has 17 heavy (non-hydrogen) atoms. The normalized spacial score (nSPS) is 19.9. The van der Waals surface area contributed by atoms with E-state index in [0.717, 1.165) is 11.9 Å². The van der Waals surface area contributed by atoms with E-state index in [2.05, 4.69) is 10.3 Å². The zero-order valence-electron chi connectivity index (χ0n) is 9.04. The summed E-state index contributed by atoms with van der Waals surface area (Å²) in [7, 11) is 0. The highest BCUT2D eigenvalue weighted by molar-refractivity contribution is 5.92. The Bertz CT molecular complexity index is 572. The summed E-state index contributed by atoms with van der Waals surface area (Å²) in [4.78, 5) is 10.9. The van der Waals surface area contributed by atoms with E-state index in [9.17, 15) is 4.79 Å². The van der Waals surface area contributed by atoms with Gasteiger partial charge in [-0.2, -0.15) is 0 Å². The minimum absolute atomic E-state index is 0.157. The summed E-state index contributed by atoms with van der Waals surface area (Å²) in [5.74, 6) is -0.942. The maximum Gasteiger partial charge on any atom is 0.335 e. The fraction of sp³-hybridized carbons (Fsp3) is 0.364. The molecule has 2 heterocycles. The van der Waals surface area contributed by atoms with E-state index in [4.69, 9.17) is 9.84 Å². The highest BCUT2D eigenvalue weighted by Gasteiger charge is 2.21. The van der Waals surface area contributed by atoms with E-state index in [-0.39, 0.29) is 11.6 Å². The second kappa shape index (κ2) is 3.81. The molecule has 0 aliphatic carbocycles. The molecule has 0 saturated carbocycles. The number of carboxylic acid groups (broad SMARTS) is 1. The third-order valence-electron chi connectivity index (χ3n) is 2.97. The van der Waals surface area contributed by atoms with Crippen LogP contribution >= 0.6 is 0 Å². The lowest BCUT2D eigenvalue weighted by molar-refractivity contribution is 0.0697. The first-order valence-electron chi connectivity index (χ1n) is 5.42. The molecule has 3 rings (SSSR count). The van der Waals surface area contributed by atoms with Crippen molar-refractivity contribution in [2.75, 3.05) is 13.2 Å². The smallest absolute Gasteiger partial charge is 0.335 e. The van der Waals surface area contributed by atoms with Gasteiger partial charge in [-0.3, -0.25) is 0 Å². The molecule has 6 nitrogen and oxygen atoms in total. The van der Waals surface area contributed by atoms with Crippen molar-refractivity contribution in [1.29, 1.82) is 0 Å². The number of aromatic nitrogens is 3. The van der Waals surface area contributed by atoms with E-state index in [1.54, 1.807) is 16.8 Å². The molecule has 0 amide bonds. The molecular weight excluding hydrogens is 222 g/mol. The fourth-order valence-electron chi connectivity index (χ4n) is 2.05. The first kappa shape index (κ1) is 10.2. The van der Waals surface area contributed by atoms with Crippen LogP contribution in [0.5, 0.6) is 0 Å². The Morgan fingerprint density at radius 3 is 3.12 bits per heavy atom. The number of carbonyl (C=O) groups is 1. The Balaban J connectivity index is 2.11. The second-order valence-corrected chi connectivity index (χ2v) is 4.06. The maximum absolute atomic E-state index is 10.9. The number of benzene rings is 1. The number of rotatable bonds is 2. The molecule has 6 heteroatoms. The molecule has 1 fully saturated rings. The van der Waals surface area contributed by atoms with Crippen LogP contribution in [0.15, 0.2) is 18.2 Å². The van der Waals surface area contributed by atoms with Crippen molar-refractivity contribution in [3.63, 3.8) is 0 Å². The Kier molecular flexibility index (Phi) is 2.29. The third-order valence-corrected chi connectivity index (χ3v) is 2.97. The lowest BCUT2D eigenvalue weighted by Crippen LogP contribution is -2.10. The van der Waals surface area contributed by atoms with Gasteiger partial charge in [0.15, 0.2) is 0 Å². The summed E-state index contributed by atoms with van der Waals surface area (Å²) < 4.78 is 7.06. The van der Waals surface area contributed by atoms with E-state index >= 15 is 0 Å². The highest BCUT2D eigenvalue weighted by atomic mass is 16.5. The van der Waals surface area contributed by atoms with Crippen LogP contribution in [-0.2, 0) is 4.74 Å². The lowest BCUT2D eigenvalue weighted by Gasteiger charge is -2.08. The number of hydrogen-bond donors (Lipinski definition) is 1. The van der Waals surface area contributed by atoms with Crippen LogP contribution in [0.1, 0.15) is 22.8 Å². The van der Waals surface area contributed by atoms with Crippen molar-refractivity contribution in [1.82, 2.24) is 15.0 Å². The average Bonchev–Trinajstić information content (AvgIpc) is 2.96. The van der Waals surface area contributed by atoms with Gasteiger partial charge in [-0.15, -0.1) is 5.10 Å². The van der Waals surface area contributed by atoms with Crippen molar-refractivity contribution in [2.45, 2.75) is 12.5 Å². The SMILES string of the molecule is O=C(O)c1ccc2nnn(C3CCOC3)c2c1. The number of aromatic carboxylic acids is 1. The van der Waals surface area contributed by atoms with Gasteiger partial charge in [-0.05, 0) is 24.6 Å². The Morgan fingerprint density at radius 2 is 2.41 bits per heavy atom. The summed E-state index contributed by atoms with van der Waals surface area (Å²) in [5.41, 5.74) is 1.71. The number of fused-ring (bicyclic) bond motifs is 1. The maximum atomic E-state index is 10.9. The zero-order valence-corrected chi connectivity index (χ0v) is 9.04. The van der Waals surface area contributed by atoms with Crippen molar-refractivity contribution in [2.24, 2.45) is 0 Å². The number of hydrogen-bond acceptors (Lipinski definition) is 4. The molecule has 2 aromatic rings. The molecular formula is C11H11N3O3. The molecule has 1 aliphatic heterocycles. The molecule has 88 valence electrons. The van der Waals surface area contributed by atoms with Crippen molar-refractivity contribution >= 4 is 17.0 Å². The van der Waals surface area contributed by atoms with Gasteiger partial charge in [0, 0.05) is 6.61 Å². The van der Waals surface area contributed by atoms with Crippen LogP contribution in [0.2, 0.25) is 0 Å². The monoisotopic (exact) mass is 233 g/mol. The Labute approximate surface area is 96.8 Å².